The highest BCUT2D eigenvalue weighted by Gasteiger charge is 2.23. The zero-order valence-electron chi connectivity index (χ0n) is 16.9. The average Bonchev–Trinajstić information content (AvgIpc) is 2.70. The van der Waals surface area contributed by atoms with Crippen LogP contribution in [0.1, 0.15) is 52.4 Å². The molecular weight excluding hydrogens is 368 g/mol. The summed E-state index contributed by atoms with van der Waals surface area (Å²) in [4.78, 5) is 32.2. The maximum Gasteiger partial charge on any atom is 0.328 e. The Morgan fingerprint density at radius 3 is 1.93 bits per heavy atom. The molecule has 0 aliphatic carbocycles. The van der Waals surface area contributed by atoms with Gasteiger partial charge in [-0.05, 0) is 52.4 Å². The van der Waals surface area contributed by atoms with Crippen molar-refractivity contribution in [2.24, 2.45) is 15.7 Å². The second-order valence-corrected chi connectivity index (χ2v) is 6.34. The Morgan fingerprint density at radius 1 is 0.964 bits per heavy atom. The molecule has 0 bridgehead atoms. The van der Waals surface area contributed by atoms with Crippen molar-refractivity contribution in [2.75, 3.05) is 20.2 Å². The largest absolute Gasteiger partial charge is 0.467 e. The summed E-state index contributed by atoms with van der Waals surface area (Å²) in [6, 6.07) is -1.48. The van der Waals surface area contributed by atoms with Crippen LogP contribution in [0.3, 0.4) is 0 Å². The van der Waals surface area contributed by atoms with E-state index >= 15 is 0 Å². The van der Waals surface area contributed by atoms with Crippen molar-refractivity contribution >= 4 is 23.5 Å². The van der Waals surface area contributed by atoms with E-state index in [1.165, 1.54) is 7.11 Å². The van der Waals surface area contributed by atoms with Crippen LogP contribution in [0.15, 0.2) is 9.98 Å². The molecule has 2 atom stereocenters. The summed E-state index contributed by atoms with van der Waals surface area (Å²) in [6.45, 7) is 4.29. The van der Waals surface area contributed by atoms with E-state index in [0.29, 0.717) is 56.9 Å². The number of rotatable bonds is 13. The summed E-state index contributed by atoms with van der Waals surface area (Å²) >= 11 is 0. The number of amidine groups is 2. The third-order valence-corrected chi connectivity index (χ3v) is 3.98. The van der Waals surface area contributed by atoms with E-state index in [1.54, 1.807) is 13.8 Å². The molecule has 7 N–H and O–H groups in total. The number of ether oxygens (including phenoxy) is 1. The van der Waals surface area contributed by atoms with E-state index in [4.69, 9.17) is 20.9 Å². The minimum Gasteiger partial charge on any atom is -0.467 e. The molecule has 28 heavy (non-hydrogen) atoms. The molecule has 0 saturated carbocycles. The van der Waals surface area contributed by atoms with Crippen molar-refractivity contribution in [3.8, 4) is 0 Å². The minimum absolute atomic E-state index is 0.398. The Labute approximate surface area is 165 Å². The lowest BCUT2D eigenvalue weighted by Gasteiger charge is -2.19. The highest BCUT2D eigenvalue weighted by Crippen LogP contribution is 2.06. The SMILES string of the molecule is COC(=O)C(CCCCN=C(C)NO)NC(=O)C(N)CCCCN=C(C)NO. The molecule has 0 aliphatic heterocycles. The molecule has 1 amide bonds. The molecular formula is C17H34N6O5. The molecule has 162 valence electrons. The molecule has 0 aromatic heterocycles. The van der Waals surface area contributed by atoms with Gasteiger partial charge in [-0.1, -0.05) is 0 Å². The predicted octanol–water partition coefficient (Wildman–Crippen LogP) is 0.107. The standard InChI is InChI=1S/C17H34N6O5/c1-12(22-26)19-10-6-4-8-14(18)16(24)21-15(17(25)28-3)9-5-7-11-20-13(2)23-27/h14-15,26-27H,4-11,18H2,1-3H3,(H,19,22)(H,20,23)(H,21,24). The van der Waals surface area contributed by atoms with Crippen LogP contribution >= 0.6 is 0 Å². The van der Waals surface area contributed by atoms with Crippen molar-refractivity contribution in [1.82, 2.24) is 16.3 Å². The van der Waals surface area contributed by atoms with E-state index in [9.17, 15) is 9.59 Å². The molecule has 0 aromatic rings. The molecule has 0 fully saturated rings. The number of carbonyl (C=O) groups is 2. The van der Waals surface area contributed by atoms with Gasteiger partial charge in [-0.2, -0.15) is 0 Å². The second kappa shape index (κ2) is 15.8. The van der Waals surface area contributed by atoms with Gasteiger partial charge >= 0.3 is 5.97 Å². The Balaban J connectivity index is 4.31. The maximum atomic E-state index is 12.2. The highest BCUT2D eigenvalue weighted by molar-refractivity contribution is 5.87. The Morgan fingerprint density at radius 2 is 1.46 bits per heavy atom. The first-order valence-electron chi connectivity index (χ1n) is 9.31. The molecule has 0 radical (unpaired) electrons. The molecule has 11 nitrogen and oxygen atoms in total. The number of aliphatic imine (C=N–C) groups is 2. The normalized spacial score (nSPS) is 14.2. The van der Waals surface area contributed by atoms with Crippen LogP contribution < -0.4 is 22.0 Å². The smallest absolute Gasteiger partial charge is 0.328 e. The average molecular weight is 402 g/mol. The summed E-state index contributed by atoms with van der Waals surface area (Å²) in [7, 11) is 1.27. The van der Waals surface area contributed by atoms with Crippen LogP contribution in [0.5, 0.6) is 0 Å². The zero-order valence-corrected chi connectivity index (χ0v) is 16.9. The van der Waals surface area contributed by atoms with Gasteiger partial charge in [-0.15, -0.1) is 0 Å². The third-order valence-electron chi connectivity index (χ3n) is 3.98. The number of unbranched alkanes of at least 4 members (excludes halogenated alkanes) is 2. The molecule has 0 spiro atoms. The summed E-state index contributed by atoms with van der Waals surface area (Å²) in [5.41, 5.74) is 9.80. The number of hydroxylamine groups is 2. The fraction of sp³-hybridized carbons (Fsp3) is 0.765. The predicted molar refractivity (Wildman–Crippen MR) is 105 cm³/mol. The number of hydrogen-bond acceptors (Lipinski definition) is 8. The van der Waals surface area contributed by atoms with Gasteiger partial charge in [0, 0.05) is 13.1 Å². The number of nitrogens with two attached hydrogens (primary N) is 1. The van der Waals surface area contributed by atoms with Crippen molar-refractivity contribution < 1.29 is 24.7 Å². The lowest BCUT2D eigenvalue weighted by molar-refractivity contribution is -0.145. The van der Waals surface area contributed by atoms with Crippen molar-refractivity contribution in [3.63, 3.8) is 0 Å². The first-order valence-corrected chi connectivity index (χ1v) is 9.31. The molecule has 0 saturated heterocycles. The molecule has 0 rings (SSSR count). The van der Waals surface area contributed by atoms with Gasteiger partial charge in [0.15, 0.2) is 0 Å². The highest BCUT2D eigenvalue weighted by atomic mass is 16.5. The molecule has 11 heteroatoms. The molecule has 0 heterocycles. The van der Waals surface area contributed by atoms with Crippen LogP contribution in [0, 0.1) is 0 Å². The first kappa shape index (κ1) is 25.8. The van der Waals surface area contributed by atoms with E-state index in [1.807, 2.05) is 11.0 Å². The quantitative estimate of drug-likeness (QED) is 0.0828. The van der Waals surface area contributed by atoms with Crippen molar-refractivity contribution in [1.29, 1.82) is 0 Å². The monoisotopic (exact) mass is 402 g/mol. The first-order chi connectivity index (χ1) is 13.3. The molecule has 0 aromatic carbocycles. The van der Waals surface area contributed by atoms with Gasteiger partial charge in [0.25, 0.3) is 0 Å². The minimum atomic E-state index is -0.757. The van der Waals surface area contributed by atoms with Crippen LogP contribution in [0.25, 0.3) is 0 Å². The summed E-state index contributed by atoms with van der Waals surface area (Å²) < 4.78 is 4.75. The van der Waals surface area contributed by atoms with Gasteiger partial charge < -0.3 is 15.8 Å². The summed E-state index contributed by atoms with van der Waals surface area (Å²) in [5, 5.41) is 19.9. The Kier molecular flexibility index (Phi) is 14.5. The number of nitrogens with one attached hydrogen (secondary N) is 3. The lowest BCUT2D eigenvalue weighted by atomic mass is 10.1. The van der Waals surface area contributed by atoms with E-state index in [2.05, 4.69) is 15.3 Å². The van der Waals surface area contributed by atoms with E-state index in [-0.39, 0.29) is 0 Å². The van der Waals surface area contributed by atoms with Gasteiger partial charge in [0.1, 0.15) is 17.7 Å². The van der Waals surface area contributed by atoms with Gasteiger partial charge in [0.05, 0.1) is 13.2 Å². The van der Waals surface area contributed by atoms with Gasteiger partial charge in [-0.3, -0.25) is 36.2 Å². The third kappa shape index (κ3) is 12.2. The van der Waals surface area contributed by atoms with Gasteiger partial charge in [-0.25, -0.2) is 4.79 Å². The van der Waals surface area contributed by atoms with Gasteiger partial charge in [0.2, 0.25) is 5.91 Å². The van der Waals surface area contributed by atoms with Crippen molar-refractivity contribution in [3.05, 3.63) is 0 Å². The number of hydrogen-bond donors (Lipinski definition) is 6. The Hall–Kier alpha value is -2.24. The van der Waals surface area contributed by atoms with Crippen LogP contribution in [-0.4, -0.2) is 66.2 Å². The topological polar surface area (TPSA) is 171 Å². The van der Waals surface area contributed by atoms with Crippen molar-refractivity contribution in [2.45, 2.75) is 64.5 Å². The van der Waals surface area contributed by atoms with Crippen LogP contribution in [-0.2, 0) is 14.3 Å². The fourth-order valence-corrected chi connectivity index (χ4v) is 2.30. The number of methoxy groups -OCH3 is 1. The molecule has 0 aliphatic rings. The molecule has 2 unspecified atom stereocenters. The lowest BCUT2D eigenvalue weighted by Crippen LogP contribution is -2.48. The Bertz CT molecular complexity index is 526. The fourth-order valence-electron chi connectivity index (χ4n) is 2.30. The van der Waals surface area contributed by atoms with Crippen LogP contribution in [0.4, 0.5) is 0 Å². The number of amides is 1. The zero-order chi connectivity index (χ0) is 21.4. The summed E-state index contributed by atoms with van der Waals surface area (Å²) in [5.74, 6) is -0.0715. The second-order valence-electron chi connectivity index (χ2n) is 6.34. The maximum absolute atomic E-state index is 12.2. The van der Waals surface area contributed by atoms with E-state index in [0.717, 1.165) is 6.42 Å². The number of nitrogens with zero attached hydrogens (tertiary/aromatic N) is 2. The summed E-state index contributed by atoms with van der Waals surface area (Å²) in [6.07, 6.45) is 3.63. The number of carbonyl (C=O) groups excluding carboxylic acids is 2. The van der Waals surface area contributed by atoms with E-state index < -0.39 is 24.0 Å². The van der Waals surface area contributed by atoms with Crippen LogP contribution in [0.2, 0.25) is 0 Å². The number of esters is 1.